The second kappa shape index (κ2) is 10.2. The second-order valence-corrected chi connectivity index (χ2v) is 7.30. The molecular formula is C20H30N4OS. The van der Waals surface area contributed by atoms with Gasteiger partial charge in [-0.2, -0.15) is 0 Å². The Bertz CT molecular complexity index is 726. The zero-order valence-electron chi connectivity index (χ0n) is 16.4. The van der Waals surface area contributed by atoms with E-state index >= 15 is 0 Å². The third kappa shape index (κ3) is 6.02. The standard InChI is InChI=1S/C20H30N4OS/c1-6-15(4)25-18-10-14(3)8-9-17(18)11-22-20(21-7-2)23-12-19-16(5)24-13-26-19/h8-10,13,15H,6-7,11-12H2,1-5H3,(H2,21,22,23). The number of guanidine groups is 1. The lowest BCUT2D eigenvalue weighted by Crippen LogP contribution is -2.36. The van der Waals surface area contributed by atoms with E-state index in [4.69, 9.17) is 9.73 Å². The normalized spacial score (nSPS) is 12.7. The van der Waals surface area contributed by atoms with Crippen molar-refractivity contribution in [2.24, 2.45) is 4.99 Å². The van der Waals surface area contributed by atoms with E-state index in [9.17, 15) is 0 Å². The molecule has 0 spiro atoms. The lowest BCUT2D eigenvalue weighted by atomic mass is 10.1. The largest absolute Gasteiger partial charge is 0.490 e. The number of ether oxygens (including phenoxy) is 1. The van der Waals surface area contributed by atoms with Crippen LogP contribution in [0.3, 0.4) is 0 Å². The van der Waals surface area contributed by atoms with Crippen molar-refractivity contribution in [2.45, 2.75) is 60.2 Å². The molecule has 0 aliphatic heterocycles. The van der Waals surface area contributed by atoms with E-state index in [0.29, 0.717) is 6.54 Å². The van der Waals surface area contributed by atoms with Gasteiger partial charge in [0.15, 0.2) is 5.96 Å². The summed E-state index contributed by atoms with van der Waals surface area (Å²) in [6.07, 6.45) is 1.18. The Morgan fingerprint density at radius 3 is 2.73 bits per heavy atom. The molecule has 1 heterocycles. The predicted octanol–water partition coefficient (Wildman–Crippen LogP) is 4.19. The van der Waals surface area contributed by atoms with Crippen LogP contribution in [0.15, 0.2) is 28.7 Å². The van der Waals surface area contributed by atoms with Crippen LogP contribution in [0, 0.1) is 13.8 Å². The number of aliphatic imine (C=N–C) groups is 1. The van der Waals surface area contributed by atoms with Crippen molar-refractivity contribution in [1.82, 2.24) is 15.6 Å². The van der Waals surface area contributed by atoms with Crippen LogP contribution >= 0.6 is 11.3 Å². The van der Waals surface area contributed by atoms with Crippen molar-refractivity contribution in [3.05, 3.63) is 45.4 Å². The maximum atomic E-state index is 6.09. The molecule has 2 N–H and O–H groups in total. The van der Waals surface area contributed by atoms with Gasteiger partial charge in [-0.25, -0.2) is 9.98 Å². The van der Waals surface area contributed by atoms with E-state index in [2.05, 4.69) is 61.5 Å². The third-order valence-corrected chi connectivity index (χ3v) is 5.07. The lowest BCUT2D eigenvalue weighted by Gasteiger charge is -2.17. The first-order valence-corrected chi connectivity index (χ1v) is 10.1. The van der Waals surface area contributed by atoms with Crippen molar-refractivity contribution in [3.63, 3.8) is 0 Å². The zero-order valence-corrected chi connectivity index (χ0v) is 17.2. The maximum Gasteiger partial charge on any atom is 0.191 e. The van der Waals surface area contributed by atoms with Gasteiger partial charge < -0.3 is 15.4 Å². The van der Waals surface area contributed by atoms with E-state index in [1.54, 1.807) is 11.3 Å². The van der Waals surface area contributed by atoms with E-state index in [0.717, 1.165) is 42.5 Å². The molecule has 5 nitrogen and oxygen atoms in total. The summed E-state index contributed by atoms with van der Waals surface area (Å²) in [4.78, 5) is 10.3. The molecule has 0 bridgehead atoms. The first-order valence-electron chi connectivity index (χ1n) is 9.20. The molecule has 2 aromatic rings. The average Bonchev–Trinajstić information content (AvgIpc) is 3.03. The minimum Gasteiger partial charge on any atom is -0.490 e. The van der Waals surface area contributed by atoms with Gasteiger partial charge in [0, 0.05) is 17.0 Å². The van der Waals surface area contributed by atoms with E-state index in [1.165, 1.54) is 10.4 Å². The highest BCUT2D eigenvalue weighted by Gasteiger charge is 2.09. The highest BCUT2D eigenvalue weighted by atomic mass is 32.1. The molecule has 142 valence electrons. The minimum absolute atomic E-state index is 0.195. The Kier molecular flexibility index (Phi) is 7.91. The summed E-state index contributed by atoms with van der Waals surface area (Å²) in [5.41, 5.74) is 5.24. The number of thiazole rings is 1. The van der Waals surface area contributed by atoms with Crippen LogP contribution in [0.1, 0.15) is 48.9 Å². The van der Waals surface area contributed by atoms with Crippen LogP contribution in [0.2, 0.25) is 0 Å². The summed E-state index contributed by atoms with van der Waals surface area (Å²) in [6, 6.07) is 6.31. The molecule has 0 saturated heterocycles. The minimum atomic E-state index is 0.195. The summed E-state index contributed by atoms with van der Waals surface area (Å²) in [6.45, 7) is 12.5. The molecule has 0 saturated carbocycles. The fraction of sp³-hybridized carbons (Fsp3) is 0.500. The highest BCUT2D eigenvalue weighted by Crippen LogP contribution is 2.23. The molecule has 1 aromatic carbocycles. The van der Waals surface area contributed by atoms with Gasteiger partial charge in [-0.1, -0.05) is 19.1 Å². The van der Waals surface area contributed by atoms with Gasteiger partial charge >= 0.3 is 0 Å². The van der Waals surface area contributed by atoms with Gasteiger partial charge in [0.05, 0.1) is 30.4 Å². The smallest absolute Gasteiger partial charge is 0.191 e. The number of rotatable bonds is 8. The van der Waals surface area contributed by atoms with Gasteiger partial charge in [-0.3, -0.25) is 0 Å². The summed E-state index contributed by atoms with van der Waals surface area (Å²) in [5, 5.41) is 6.69. The van der Waals surface area contributed by atoms with E-state index < -0.39 is 0 Å². The van der Waals surface area contributed by atoms with Gasteiger partial charge in [-0.05, 0) is 45.7 Å². The Balaban J connectivity index is 2.09. The number of hydrogen-bond acceptors (Lipinski definition) is 4. The summed E-state index contributed by atoms with van der Waals surface area (Å²) in [5.74, 6) is 1.73. The zero-order chi connectivity index (χ0) is 18.9. The fourth-order valence-electron chi connectivity index (χ4n) is 2.37. The SMILES string of the molecule is CCNC(=NCc1ccc(C)cc1OC(C)CC)NCc1scnc1C. The van der Waals surface area contributed by atoms with Crippen LogP contribution in [-0.4, -0.2) is 23.6 Å². The molecular weight excluding hydrogens is 344 g/mol. The van der Waals surface area contributed by atoms with Crippen LogP contribution in [0.4, 0.5) is 0 Å². The number of nitrogens with one attached hydrogen (secondary N) is 2. The first-order chi connectivity index (χ1) is 12.5. The molecule has 0 radical (unpaired) electrons. The third-order valence-electron chi connectivity index (χ3n) is 4.14. The molecule has 1 aromatic heterocycles. The average molecular weight is 375 g/mol. The highest BCUT2D eigenvalue weighted by molar-refractivity contribution is 7.09. The molecule has 1 unspecified atom stereocenters. The topological polar surface area (TPSA) is 58.5 Å². The van der Waals surface area contributed by atoms with Crippen molar-refractivity contribution in [2.75, 3.05) is 6.54 Å². The van der Waals surface area contributed by atoms with Gasteiger partial charge in [0.2, 0.25) is 0 Å². The van der Waals surface area contributed by atoms with Gasteiger partial charge in [-0.15, -0.1) is 11.3 Å². The number of aryl methyl sites for hydroxylation is 2. The summed E-state index contributed by atoms with van der Waals surface area (Å²) < 4.78 is 6.09. The van der Waals surface area contributed by atoms with Crippen LogP contribution in [0.25, 0.3) is 0 Å². The Labute approximate surface area is 160 Å². The molecule has 26 heavy (non-hydrogen) atoms. The van der Waals surface area contributed by atoms with Crippen molar-refractivity contribution < 1.29 is 4.74 Å². The maximum absolute atomic E-state index is 6.09. The lowest BCUT2D eigenvalue weighted by molar-refractivity contribution is 0.215. The molecule has 0 aliphatic carbocycles. The summed E-state index contributed by atoms with van der Waals surface area (Å²) >= 11 is 1.66. The van der Waals surface area contributed by atoms with E-state index in [-0.39, 0.29) is 6.10 Å². The number of aromatic nitrogens is 1. The van der Waals surface area contributed by atoms with Crippen LogP contribution in [0.5, 0.6) is 5.75 Å². The number of hydrogen-bond donors (Lipinski definition) is 2. The van der Waals surface area contributed by atoms with Crippen molar-refractivity contribution in [1.29, 1.82) is 0 Å². The molecule has 0 aliphatic rings. The number of nitrogens with zero attached hydrogens (tertiary/aromatic N) is 2. The quantitative estimate of drug-likeness (QED) is 0.537. The molecule has 0 amide bonds. The fourth-order valence-corrected chi connectivity index (χ4v) is 3.08. The van der Waals surface area contributed by atoms with Gasteiger partial charge in [0.1, 0.15) is 5.75 Å². The van der Waals surface area contributed by atoms with Gasteiger partial charge in [0.25, 0.3) is 0 Å². The summed E-state index contributed by atoms with van der Waals surface area (Å²) in [7, 11) is 0. The first kappa shape index (κ1) is 20.2. The van der Waals surface area contributed by atoms with E-state index in [1.807, 2.05) is 12.4 Å². The van der Waals surface area contributed by atoms with Crippen molar-refractivity contribution >= 4 is 17.3 Å². The molecule has 1 atom stereocenters. The molecule has 0 fully saturated rings. The Morgan fingerprint density at radius 2 is 2.08 bits per heavy atom. The second-order valence-electron chi connectivity index (χ2n) is 6.36. The van der Waals surface area contributed by atoms with Crippen molar-refractivity contribution in [3.8, 4) is 5.75 Å². The Hall–Kier alpha value is -2.08. The predicted molar refractivity (Wildman–Crippen MR) is 110 cm³/mol. The van der Waals surface area contributed by atoms with Crippen LogP contribution < -0.4 is 15.4 Å². The number of benzene rings is 1. The Morgan fingerprint density at radius 1 is 1.27 bits per heavy atom. The van der Waals surface area contributed by atoms with Crippen LogP contribution in [-0.2, 0) is 13.1 Å². The molecule has 2 rings (SSSR count). The monoisotopic (exact) mass is 374 g/mol. The molecule has 6 heteroatoms.